The van der Waals surface area contributed by atoms with Crippen molar-refractivity contribution in [1.82, 2.24) is 4.90 Å². The summed E-state index contributed by atoms with van der Waals surface area (Å²) in [5, 5.41) is 3.11. The molecule has 0 aliphatic carbocycles. The lowest BCUT2D eigenvalue weighted by molar-refractivity contribution is -0.121. The highest BCUT2D eigenvalue weighted by atomic mass is 35.5. The van der Waals surface area contributed by atoms with Gasteiger partial charge in [-0.05, 0) is 32.0 Å². The molecule has 0 aromatic heterocycles. The Morgan fingerprint density at radius 3 is 2.57 bits per heavy atom. The molecule has 1 aromatic rings. The highest BCUT2D eigenvalue weighted by molar-refractivity contribution is 6.34. The molecule has 0 fully saturated rings. The molecule has 0 bridgehead atoms. The molecular weight excluding hydrogens is 292 g/mol. The van der Waals surface area contributed by atoms with Crippen LogP contribution in [0.5, 0.6) is 0 Å². The van der Waals surface area contributed by atoms with E-state index < -0.39 is 5.91 Å². The van der Waals surface area contributed by atoms with E-state index in [-0.39, 0.29) is 24.9 Å². The molecule has 0 radical (unpaired) electrons. The second-order valence-electron chi connectivity index (χ2n) is 5.07. The largest absolute Gasteiger partial charge is 0.399 e. The Morgan fingerprint density at radius 1 is 1.38 bits per heavy atom. The summed E-state index contributed by atoms with van der Waals surface area (Å²) in [4.78, 5) is 24.7. The van der Waals surface area contributed by atoms with Crippen LogP contribution < -0.4 is 16.8 Å². The van der Waals surface area contributed by atoms with Gasteiger partial charge in [-0.1, -0.05) is 11.6 Å². The SMILES string of the molecule is CC(C)N(CCC(=O)Nc1ccc(N)cc1Cl)CC(N)=O. The zero-order valence-electron chi connectivity index (χ0n) is 12.2. The number of primary amides is 1. The summed E-state index contributed by atoms with van der Waals surface area (Å²) in [7, 11) is 0. The second kappa shape index (κ2) is 7.85. The van der Waals surface area contributed by atoms with Gasteiger partial charge in [0.25, 0.3) is 0 Å². The number of halogens is 1. The van der Waals surface area contributed by atoms with E-state index in [1.165, 1.54) is 0 Å². The van der Waals surface area contributed by atoms with Crippen molar-refractivity contribution in [3.05, 3.63) is 23.2 Å². The second-order valence-corrected chi connectivity index (χ2v) is 5.48. The lowest BCUT2D eigenvalue weighted by Gasteiger charge is -2.24. The van der Waals surface area contributed by atoms with Crippen molar-refractivity contribution in [2.45, 2.75) is 26.3 Å². The van der Waals surface area contributed by atoms with Crippen LogP contribution in [0.2, 0.25) is 5.02 Å². The smallest absolute Gasteiger partial charge is 0.231 e. The minimum Gasteiger partial charge on any atom is -0.399 e. The van der Waals surface area contributed by atoms with Gasteiger partial charge in [0.1, 0.15) is 0 Å². The van der Waals surface area contributed by atoms with Gasteiger partial charge in [0.15, 0.2) is 0 Å². The maximum Gasteiger partial charge on any atom is 0.231 e. The maximum atomic E-state index is 11.9. The van der Waals surface area contributed by atoms with E-state index in [0.717, 1.165) is 0 Å². The van der Waals surface area contributed by atoms with E-state index in [2.05, 4.69) is 5.32 Å². The van der Waals surface area contributed by atoms with Crippen LogP contribution in [0.25, 0.3) is 0 Å². The lowest BCUT2D eigenvalue weighted by atomic mass is 10.2. The van der Waals surface area contributed by atoms with Gasteiger partial charge in [0.2, 0.25) is 11.8 Å². The number of hydrogen-bond donors (Lipinski definition) is 3. The summed E-state index contributed by atoms with van der Waals surface area (Å²) in [6, 6.07) is 5.02. The molecule has 7 heteroatoms. The number of nitrogens with two attached hydrogens (primary N) is 2. The van der Waals surface area contributed by atoms with Gasteiger partial charge in [-0.25, -0.2) is 0 Å². The Kier molecular flexibility index (Phi) is 6.45. The highest BCUT2D eigenvalue weighted by Gasteiger charge is 2.14. The molecule has 0 heterocycles. The van der Waals surface area contributed by atoms with Crippen molar-refractivity contribution >= 4 is 34.8 Å². The first kappa shape index (κ1) is 17.3. The molecular formula is C14H21ClN4O2. The zero-order valence-corrected chi connectivity index (χ0v) is 13.0. The number of nitrogen functional groups attached to an aromatic ring is 1. The first-order valence-corrected chi connectivity index (χ1v) is 7.04. The topological polar surface area (TPSA) is 101 Å². The number of nitrogens with zero attached hydrogens (tertiary/aromatic N) is 1. The summed E-state index contributed by atoms with van der Waals surface area (Å²) in [5.41, 5.74) is 11.8. The van der Waals surface area contributed by atoms with Crippen LogP contribution in [0, 0.1) is 0 Å². The number of anilines is 2. The molecule has 0 aliphatic heterocycles. The van der Waals surface area contributed by atoms with Crippen molar-refractivity contribution in [1.29, 1.82) is 0 Å². The van der Waals surface area contributed by atoms with E-state index >= 15 is 0 Å². The number of carbonyl (C=O) groups excluding carboxylic acids is 2. The fourth-order valence-corrected chi connectivity index (χ4v) is 2.05. The average Bonchev–Trinajstić information content (AvgIpc) is 2.37. The van der Waals surface area contributed by atoms with Gasteiger partial charge >= 0.3 is 0 Å². The van der Waals surface area contributed by atoms with E-state index in [1.54, 1.807) is 18.2 Å². The molecule has 116 valence electrons. The molecule has 5 N–H and O–H groups in total. The number of nitrogens with one attached hydrogen (secondary N) is 1. The summed E-state index contributed by atoms with van der Waals surface area (Å²) in [6.07, 6.45) is 0.242. The normalized spacial score (nSPS) is 10.9. The van der Waals surface area contributed by atoms with Crippen LogP contribution in [0.4, 0.5) is 11.4 Å². The van der Waals surface area contributed by atoms with E-state index in [9.17, 15) is 9.59 Å². The molecule has 2 amide bonds. The molecule has 6 nitrogen and oxygen atoms in total. The number of rotatable bonds is 7. The van der Waals surface area contributed by atoms with Gasteiger partial charge in [-0.2, -0.15) is 0 Å². The number of amides is 2. The maximum absolute atomic E-state index is 11.9. The van der Waals surface area contributed by atoms with Crippen LogP contribution >= 0.6 is 11.6 Å². The minimum absolute atomic E-state index is 0.130. The van der Waals surface area contributed by atoms with Gasteiger partial charge in [0.05, 0.1) is 17.3 Å². The Balaban J connectivity index is 2.54. The summed E-state index contributed by atoms with van der Waals surface area (Å²) >= 11 is 5.99. The number of benzene rings is 1. The highest BCUT2D eigenvalue weighted by Crippen LogP contribution is 2.24. The van der Waals surface area contributed by atoms with Crippen LogP contribution in [0.15, 0.2) is 18.2 Å². The molecule has 0 unspecified atom stereocenters. The summed E-state index contributed by atoms with van der Waals surface area (Å²) in [5.74, 6) is -0.595. The summed E-state index contributed by atoms with van der Waals surface area (Å²) < 4.78 is 0. The van der Waals surface area contributed by atoms with Crippen molar-refractivity contribution in [2.24, 2.45) is 5.73 Å². The Morgan fingerprint density at radius 2 is 2.05 bits per heavy atom. The molecule has 0 atom stereocenters. The van der Waals surface area contributed by atoms with Gasteiger partial charge in [-0.15, -0.1) is 0 Å². The number of hydrogen-bond acceptors (Lipinski definition) is 4. The fraction of sp³-hybridized carbons (Fsp3) is 0.429. The molecule has 0 spiro atoms. The zero-order chi connectivity index (χ0) is 16.0. The standard InChI is InChI=1S/C14H21ClN4O2/c1-9(2)19(8-13(17)20)6-5-14(21)18-12-4-3-10(16)7-11(12)15/h3-4,7,9H,5-6,8,16H2,1-2H3,(H2,17,20)(H,18,21). The first-order valence-electron chi connectivity index (χ1n) is 6.67. The predicted molar refractivity (Wildman–Crippen MR) is 85.0 cm³/mol. The molecule has 1 aromatic carbocycles. The Labute approximate surface area is 129 Å². The molecule has 21 heavy (non-hydrogen) atoms. The fourth-order valence-electron chi connectivity index (χ4n) is 1.81. The molecule has 0 aliphatic rings. The number of carbonyl (C=O) groups is 2. The van der Waals surface area contributed by atoms with E-state index in [1.807, 2.05) is 18.7 Å². The van der Waals surface area contributed by atoms with Gasteiger partial charge in [0, 0.05) is 24.7 Å². The van der Waals surface area contributed by atoms with Gasteiger partial charge < -0.3 is 16.8 Å². The average molecular weight is 313 g/mol. The third-order valence-corrected chi connectivity index (χ3v) is 3.30. The molecule has 0 saturated heterocycles. The quantitative estimate of drug-likeness (QED) is 0.663. The summed E-state index contributed by atoms with van der Waals surface area (Å²) in [6.45, 7) is 4.46. The van der Waals surface area contributed by atoms with Crippen molar-refractivity contribution in [3.8, 4) is 0 Å². The Bertz CT molecular complexity index is 520. The molecule has 1 rings (SSSR count). The van der Waals surface area contributed by atoms with Crippen LogP contribution in [-0.2, 0) is 9.59 Å². The van der Waals surface area contributed by atoms with Crippen LogP contribution in [-0.4, -0.2) is 35.8 Å². The lowest BCUT2D eigenvalue weighted by Crippen LogP contribution is -2.40. The van der Waals surface area contributed by atoms with Gasteiger partial charge in [-0.3, -0.25) is 14.5 Å². The monoisotopic (exact) mass is 312 g/mol. The third kappa shape index (κ3) is 6.01. The first-order chi connectivity index (χ1) is 9.79. The Hall–Kier alpha value is -1.79. The predicted octanol–water partition coefficient (Wildman–Crippen LogP) is 1.45. The van der Waals surface area contributed by atoms with E-state index in [4.69, 9.17) is 23.1 Å². The minimum atomic E-state index is -0.411. The van der Waals surface area contributed by atoms with Crippen molar-refractivity contribution < 1.29 is 9.59 Å². The third-order valence-electron chi connectivity index (χ3n) is 2.98. The van der Waals surface area contributed by atoms with Crippen molar-refractivity contribution in [2.75, 3.05) is 24.1 Å². The van der Waals surface area contributed by atoms with Crippen LogP contribution in [0.3, 0.4) is 0 Å². The molecule has 0 saturated carbocycles. The van der Waals surface area contributed by atoms with E-state index in [0.29, 0.717) is 22.9 Å². The van der Waals surface area contributed by atoms with Crippen molar-refractivity contribution in [3.63, 3.8) is 0 Å². The van der Waals surface area contributed by atoms with Crippen LogP contribution in [0.1, 0.15) is 20.3 Å².